The van der Waals surface area contributed by atoms with Crippen LogP contribution in [0.2, 0.25) is 0 Å². The molecule has 0 spiro atoms. The molecule has 0 fully saturated rings. The Bertz CT molecular complexity index is 1250. The number of thiophene rings is 1. The van der Waals surface area contributed by atoms with Gasteiger partial charge >= 0.3 is 5.97 Å². The molecule has 0 saturated heterocycles. The van der Waals surface area contributed by atoms with Gasteiger partial charge in [0, 0.05) is 17.0 Å². The van der Waals surface area contributed by atoms with Crippen molar-refractivity contribution in [2.24, 2.45) is 5.92 Å². The molecule has 2 aliphatic rings. The number of nitrogens with one attached hydrogen (secondary N) is 2. The summed E-state index contributed by atoms with van der Waals surface area (Å²) in [4.78, 5) is 36.7. The average Bonchev–Trinajstić information content (AvgIpc) is 3.17. The number of anilines is 1. The second kappa shape index (κ2) is 8.32. The predicted molar refractivity (Wildman–Crippen MR) is 124 cm³/mol. The van der Waals surface area contributed by atoms with Crippen LogP contribution in [-0.4, -0.2) is 16.8 Å². The van der Waals surface area contributed by atoms with Crippen LogP contribution in [0, 0.1) is 16.0 Å². The molecule has 1 aliphatic carbocycles. The summed E-state index contributed by atoms with van der Waals surface area (Å²) in [5, 5.41) is 18.1. The number of nitro groups is 1. The van der Waals surface area contributed by atoms with Gasteiger partial charge in [-0.3, -0.25) is 14.9 Å². The molecule has 168 valence electrons. The van der Waals surface area contributed by atoms with Crippen molar-refractivity contribution in [2.45, 2.75) is 32.4 Å². The first kappa shape index (κ1) is 21.1. The van der Waals surface area contributed by atoms with Gasteiger partial charge in [0.2, 0.25) is 0 Å². The summed E-state index contributed by atoms with van der Waals surface area (Å²) in [6.45, 7) is 2.24. The first-order valence-electron chi connectivity index (χ1n) is 10.7. The quantitative estimate of drug-likeness (QED) is 0.248. The smallest absolute Gasteiger partial charge is 0.343 e. The van der Waals surface area contributed by atoms with Gasteiger partial charge in [0.1, 0.15) is 16.9 Å². The molecule has 1 aliphatic heterocycles. The molecule has 0 bridgehead atoms. The number of ether oxygens (including phenoxy) is 1. The van der Waals surface area contributed by atoms with E-state index in [-0.39, 0.29) is 23.3 Å². The normalized spacial score (nSPS) is 19.0. The topological polar surface area (TPSA) is 111 Å². The predicted octanol–water partition coefficient (Wildman–Crippen LogP) is 4.85. The fourth-order valence-corrected chi connectivity index (χ4v) is 5.68. The fourth-order valence-electron chi connectivity index (χ4n) is 4.24. The molecule has 3 aromatic rings. The van der Waals surface area contributed by atoms with Crippen molar-refractivity contribution < 1.29 is 19.2 Å². The molecule has 0 saturated carbocycles. The minimum atomic E-state index is -0.607. The maximum atomic E-state index is 12.9. The second-order valence-electron chi connectivity index (χ2n) is 8.37. The lowest BCUT2D eigenvalue weighted by Crippen LogP contribution is -2.38. The van der Waals surface area contributed by atoms with Gasteiger partial charge in [-0.05, 0) is 60.6 Å². The second-order valence-corrected chi connectivity index (χ2v) is 9.47. The van der Waals surface area contributed by atoms with Crippen molar-refractivity contribution in [1.82, 2.24) is 5.32 Å². The van der Waals surface area contributed by atoms with Crippen molar-refractivity contribution in [3.63, 3.8) is 0 Å². The van der Waals surface area contributed by atoms with E-state index in [4.69, 9.17) is 4.74 Å². The van der Waals surface area contributed by atoms with Gasteiger partial charge in [-0.1, -0.05) is 19.1 Å². The SMILES string of the molecule is C[C@H]1CCc2c(sc3c2C(=O)N[C@H](c2ccc(OC(=O)c4ccc([N+](=O)[O-])cc4)cc2)N3)C1. The minimum absolute atomic E-state index is 0.0607. The van der Waals surface area contributed by atoms with Gasteiger partial charge in [0.05, 0.1) is 16.1 Å². The first-order valence-corrected chi connectivity index (χ1v) is 11.5. The molecule has 2 heterocycles. The lowest BCUT2D eigenvalue weighted by molar-refractivity contribution is -0.384. The van der Waals surface area contributed by atoms with Crippen molar-refractivity contribution in [1.29, 1.82) is 0 Å². The van der Waals surface area contributed by atoms with E-state index in [0.29, 0.717) is 11.7 Å². The third kappa shape index (κ3) is 4.07. The monoisotopic (exact) mass is 463 g/mol. The average molecular weight is 464 g/mol. The van der Waals surface area contributed by atoms with Gasteiger partial charge in [-0.2, -0.15) is 0 Å². The minimum Gasteiger partial charge on any atom is -0.423 e. The molecular weight excluding hydrogens is 442 g/mol. The Kier molecular flexibility index (Phi) is 5.33. The van der Waals surface area contributed by atoms with Gasteiger partial charge in [-0.25, -0.2) is 4.79 Å². The number of carbonyl (C=O) groups is 2. The number of hydrogen-bond acceptors (Lipinski definition) is 7. The fraction of sp³-hybridized carbons (Fsp3) is 0.250. The van der Waals surface area contributed by atoms with Crippen LogP contribution >= 0.6 is 11.3 Å². The van der Waals surface area contributed by atoms with Crippen LogP contribution in [-0.2, 0) is 12.8 Å². The summed E-state index contributed by atoms with van der Waals surface area (Å²) >= 11 is 1.67. The molecule has 0 radical (unpaired) electrons. The lowest BCUT2D eigenvalue weighted by Gasteiger charge is -2.27. The van der Waals surface area contributed by atoms with Crippen molar-refractivity contribution in [3.05, 3.63) is 85.8 Å². The Hall–Kier alpha value is -3.72. The zero-order valence-corrected chi connectivity index (χ0v) is 18.6. The van der Waals surface area contributed by atoms with E-state index in [1.807, 2.05) is 0 Å². The summed E-state index contributed by atoms with van der Waals surface area (Å²) in [6.07, 6.45) is 2.69. The maximum Gasteiger partial charge on any atom is 0.343 e. The highest BCUT2D eigenvalue weighted by molar-refractivity contribution is 7.16. The molecule has 2 N–H and O–H groups in total. The number of non-ortho nitro benzene ring substituents is 1. The lowest BCUT2D eigenvalue weighted by atomic mass is 9.88. The zero-order chi connectivity index (χ0) is 23.1. The number of esters is 1. The van der Waals surface area contributed by atoms with Crippen LogP contribution in [0.25, 0.3) is 0 Å². The highest BCUT2D eigenvalue weighted by Crippen LogP contribution is 2.42. The van der Waals surface area contributed by atoms with E-state index in [2.05, 4.69) is 17.6 Å². The van der Waals surface area contributed by atoms with E-state index in [9.17, 15) is 19.7 Å². The van der Waals surface area contributed by atoms with Crippen molar-refractivity contribution >= 4 is 33.9 Å². The van der Waals surface area contributed by atoms with Crippen LogP contribution in [0.1, 0.15) is 56.2 Å². The summed E-state index contributed by atoms with van der Waals surface area (Å²) in [6, 6.07) is 12.1. The Morgan fingerprint density at radius 2 is 1.85 bits per heavy atom. The summed E-state index contributed by atoms with van der Waals surface area (Å²) in [7, 11) is 0. The number of amides is 1. The molecule has 1 aromatic heterocycles. The third-order valence-corrected chi connectivity index (χ3v) is 7.21. The van der Waals surface area contributed by atoms with Gasteiger partial charge in [0.15, 0.2) is 0 Å². The molecule has 5 rings (SSSR count). The summed E-state index contributed by atoms with van der Waals surface area (Å²) in [5.74, 6) is 0.308. The molecule has 9 heteroatoms. The molecule has 2 aromatic carbocycles. The van der Waals surface area contributed by atoms with Crippen LogP contribution in [0.3, 0.4) is 0 Å². The van der Waals surface area contributed by atoms with Crippen molar-refractivity contribution in [2.75, 3.05) is 5.32 Å². The van der Waals surface area contributed by atoms with Crippen LogP contribution in [0.4, 0.5) is 10.7 Å². The van der Waals surface area contributed by atoms with E-state index in [1.165, 1.54) is 34.7 Å². The number of carbonyl (C=O) groups excluding carboxylic acids is 2. The largest absolute Gasteiger partial charge is 0.423 e. The number of nitrogens with zero attached hydrogens (tertiary/aromatic N) is 1. The van der Waals surface area contributed by atoms with E-state index < -0.39 is 10.9 Å². The summed E-state index contributed by atoms with van der Waals surface area (Å²) < 4.78 is 5.37. The van der Waals surface area contributed by atoms with Gasteiger partial charge < -0.3 is 15.4 Å². The molecule has 2 atom stereocenters. The number of benzene rings is 2. The zero-order valence-electron chi connectivity index (χ0n) is 17.8. The molecule has 33 heavy (non-hydrogen) atoms. The Labute approximate surface area is 193 Å². The number of nitro benzene ring substituents is 1. The number of fused-ring (bicyclic) bond motifs is 3. The van der Waals surface area contributed by atoms with E-state index in [0.717, 1.165) is 35.4 Å². The van der Waals surface area contributed by atoms with Crippen LogP contribution in [0.15, 0.2) is 48.5 Å². The number of rotatable bonds is 4. The molecular formula is C24H21N3O5S. The highest BCUT2D eigenvalue weighted by Gasteiger charge is 2.33. The van der Waals surface area contributed by atoms with Crippen molar-refractivity contribution in [3.8, 4) is 5.75 Å². The third-order valence-electron chi connectivity index (χ3n) is 6.03. The maximum absolute atomic E-state index is 12.9. The van der Waals surface area contributed by atoms with Gasteiger partial charge in [0.25, 0.3) is 11.6 Å². The van der Waals surface area contributed by atoms with E-state index in [1.54, 1.807) is 35.6 Å². The Balaban J connectivity index is 1.28. The Morgan fingerprint density at radius 1 is 1.12 bits per heavy atom. The highest BCUT2D eigenvalue weighted by atomic mass is 32.1. The van der Waals surface area contributed by atoms with E-state index >= 15 is 0 Å². The van der Waals surface area contributed by atoms with Gasteiger partial charge in [-0.15, -0.1) is 11.3 Å². The molecule has 8 nitrogen and oxygen atoms in total. The standard InChI is InChI=1S/C24H21N3O5S/c1-13-2-11-18-19(12-13)33-23-20(18)22(28)25-21(26-23)14-5-9-17(10-6-14)32-24(29)15-3-7-16(8-4-15)27(30)31/h3-10,13,21,26H,2,11-12H2,1H3,(H,25,28)/t13-,21-/m0/s1. The molecule has 1 amide bonds. The number of hydrogen-bond donors (Lipinski definition) is 2. The molecule has 0 unspecified atom stereocenters. The Morgan fingerprint density at radius 3 is 2.55 bits per heavy atom. The van der Waals surface area contributed by atoms with Crippen LogP contribution in [0.5, 0.6) is 5.75 Å². The first-order chi connectivity index (χ1) is 15.9. The summed E-state index contributed by atoms with van der Waals surface area (Å²) in [5.41, 5.74) is 2.93. The van der Waals surface area contributed by atoms with Crippen LogP contribution < -0.4 is 15.4 Å².